The van der Waals surface area contributed by atoms with E-state index < -0.39 is 0 Å². The first-order valence-corrected chi connectivity index (χ1v) is 6.17. The van der Waals surface area contributed by atoms with Crippen LogP contribution in [0.3, 0.4) is 0 Å². The maximum Gasteiger partial charge on any atom is 0.237 e. The maximum atomic E-state index is 11.8. The first kappa shape index (κ1) is 12.5. The summed E-state index contributed by atoms with van der Waals surface area (Å²) in [4.78, 5) is 11.8. The molecule has 0 spiro atoms. The molecule has 0 radical (unpaired) electrons. The zero-order chi connectivity index (χ0) is 11.3. The van der Waals surface area contributed by atoms with Gasteiger partial charge in [-0.15, -0.1) is 0 Å². The Labute approximate surface area is 93.0 Å². The number of nitrogens with one attached hydrogen (secondary N) is 2. The van der Waals surface area contributed by atoms with Crippen LogP contribution >= 0.6 is 0 Å². The van der Waals surface area contributed by atoms with Crippen LogP contribution < -0.4 is 10.6 Å². The Bertz CT molecular complexity index is 200. The van der Waals surface area contributed by atoms with Crippen molar-refractivity contribution in [3.63, 3.8) is 0 Å². The molecule has 1 rings (SSSR count). The molecule has 3 unspecified atom stereocenters. The lowest BCUT2D eigenvalue weighted by Crippen LogP contribution is -2.44. The molecule has 1 aliphatic heterocycles. The number of hydrogen-bond donors (Lipinski definition) is 2. The minimum absolute atomic E-state index is 0.0596. The third-order valence-corrected chi connectivity index (χ3v) is 3.22. The Morgan fingerprint density at radius 2 is 2.27 bits per heavy atom. The lowest BCUT2D eigenvalue weighted by atomic mass is 10.00. The van der Waals surface area contributed by atoms with Gasteiger partial charge in [0, 0.05) is 6.04 Å². The third-order valence-electron chi connectivity index (χ3n) is 3.22. The summed E-state index contributed by atoms with van der Waals surface area (Å²) < 4.78 is 0. The van der Waals surface area contributed by atoms with Crippen molar-refractivity contribution in [2.45, 2.75) is 58.5 Å². The quantitative estimate of drug-likeness (QED) is 0.728. The molecule has 0 saturated carbocycles. The van der Waals surface area contributed by atoms with Crippen molar-refractivity contribution in [3.05, 3.63) is 0 Å². The summed E-state index contributed by atoms with van der Waals surface area (Å²) in [7, 11) is 0. The van der Waals surface area contributed by atoms with Crippen LogP contribution in [-0.4, -0.2) is 24.5 Å². The fraction of sp³-hybridized carbons (Fsp3) is 0.917. The van der Waals surface area contributed by atoms with E-state index in [1.54, 1.807) is 0 Å². The van der Waals surface area contributed by atoms with Gasteiger partial charge in [-0.2, -0.15) is 0 Å². The maximum absolute atomic E-state index is 11.8. The van der Waals surface area contributed by atoms with Gasteiger partial charge in [0.15, 0.2) is 0 Å². The highest BCUT2D eigenvalue weighted by Gasteiger charge is 2.23. The zero-order valence-electron chi connectivity index (χ0n) is 10.2. The first-order chi connectivity index (χ1) is 7.13. The predicted molar refractivity (Wildman–Crippen MR) is 62.7 cm³/mol. The van der Waals surface area contributed by atoms with Gasteiger partial charge >= 0.3 is 0 Å². The van der Waals surface area contributed by atoms with Crippen LogP contribution in [0.15, 0.2) is 0 Å². The van der Waals surface area contributed by atoms with Crippen molar-refractivity contribution in [2.24, 2.45) is 5.92 Å². The molecule has 2 N–H and O–H groups in total. The van der Waals surface area contributed by atoms with Crippen molar-refractivity contribution >= 4 is 5.91 Å². The van der Waals surface area contributed by atoms with E-state index in [1.165, 1.54) is 6.42 Å². The molecule has 0 aromatic carbocycles. The third kappa shape index (κ3) is 4.20. The van der Waals surface area contributed by atoms with Gasteiger partial charge in [0.1, 0.15) is 0 Å². The highest BCUT2D eigenvalue weighted by atomic mass is 16.2. The van der Waals surface area contributed by atoms with Gasteiger partial charge in [-0.05, 0) is 38.6 Å². The topological polar surface area (TPSA) is 41.1 Å². The molecule has 15 heavy (non-hydrogen) atoms. The fourth-order valence-electron chi connectivity index (χ4n) is 2.08. The van der Waals surface area contributed by atoms with Crippen molar-refractivity contribution in [3.8, 4) is 0 Å². The predicted octanol–water partition coefficient (Wildman–Crippen LogP) is 1.68. The molecule has 0 aliphatic carbocycles. The van der Waals surface area contributed by atoms with E-state index in [2.05, 4.69) is 31.4 Å². The van der Waals surface area contributed by atoms with Crippen LogP contribution in [-0.2, 0) is 4.79 Å². The molecule has 3 atom stereocenters. The molecular weight excluding hydrogens is 188 g/mol. The molecule has 1 heterocycles. The van der Waals surface area contributed by atoms with Crippen molar-refractivity contribution in [1.29, 1.82) is 0 Å². The van der Waals surface area contributed by atoms with Gasteiger partial charge in [0.2, 0.25) is 5.91 Å². The van der Waals surface area contributed by atoms with E-state index in [0.717, 1.165) is 25.8 Å². The average molecular weight is 212 g/mol. The zero-order valence-corrected chi connectivity index (χ0v) is 10.2. The van der Waals surface area contributed by atoms with Crippen LogP contribution in [0, 0.1) is 5.92 Å². The molecule has 1 saturated heterocycles. The summed E-state index contributed by atoms with van der Waals surface area (Å²) in [5.74, 6) is 0.875. The van der Waals surface area contributed by atoms with Crippen LogP contribution in [0.25, 0.3) is 0 Å². The van der Waals surface area contributed by atoms with Crippen LogP contribution in [0.5, 0.6) is 0 Å². The van der Waals surface area contributed by atoms with Crippen molar-refractivity contribution < 1.29 is 4.79 Å². The molecule has 0 aromatic rings. The van der Waals surface area contributed by atoms with E-state index in [4.69, 9.17) is 0 Å². The van der Waals surface area contributed by atoms with Crippen molar-refractivity contribution in [2.75, 3.05) is 6.54 Å². The minimum Gasteiger partial charge on any atom is -0.352 e. The SMILES string of the molecule is CCC(C)CC(C)NC(=O)C1CCCN1. The number of hydrogen-bond acceptors (Lipinski definition) is 2. The minimum atomic E-state index is 0.0596. The van der Waals surface area contributed by atoms with E-state index in [0.29, 0.717) is 12.0 Å². The molecule has 3 nitrogen and oxygen atoms in total. The second kappa shape index (κ2) is 6.11. The van der Waals surface area contributed by atoms with E-state index in [-0.39, 0.29) is 11.9 Å². The summed E-state index contributed by atoms with van der Waals surface area (Å²) in [5, 5.41) is 6.30. The van der Waals surface area contributed by atoms with E-state index in [1.807, 2.05) is 0 Å². The molecule has 88 valence electrons. The Kier molecular flexibility index (Phi) is 5.09. The number of amides is 1. The Balaban J connectivity index is 2.24. The van der Waals surface area contributed by atoms with Gasteiger partial charge in [0.05, 0.1) is 6.04 Å². The Hall–Kier alpha value is -0.570. The van der Waals surface area contributed by atoms with E-state index >= 15 is 0 Å². The summed E-state index contributed by atoms with van der Waals surface area (Å²) in [6.45, 7) is 7.51. The lowest BCUT2D eigenvalue weighted by molar-refractivity contribution is -0.123. The summed E-state index contributed by atoms with van der Waals surface area (Å²) >= 11 is 0. The second-order valence-corrected chi connectivity index (χ2v) is 4.81. The number of rotatable bonds is 5. The van der Waals surface area contributed by atoms with Gasteiger partial charge in [-0.25, -0.2) is 0 Å². The van der Waals surface area contributed by atoms with Crippen LogP contribution in [0.1, 0.15) is 46.5 Å². The van der Waals surface area contributed by atoms with Gasteiger partial charge in [0.25, 0.3) is 0 Å². The molecule has 1 fully saturated rings. The van der Waals surface area contributed by atoms with Crippen LogP contribution in [0.4, 0.5) is 0 Å². The highest BCUT2D eigenvalue weighted by Crippen LogP contribution is 2.10. The van der Waals surface area contributed by atoms with Gasteiger partial charge in [-0.3, -0.25) is 4.79 Å². The summed E-state index contributed by atoms with van der Waals surface area (Å²) in [6, 6.07) is 0.360. The van der Waals surface area contributed by atoms with Gasteiger partial charge < -0.3 is 10.6 Å². The molecule has 0 bridgehead atoms. The monoisotopic (exact) mass is 212 g/mol. The molecule has 3 heteroatoms. The molecule has 0 aromatic heterocycles. The molecule has 1 aliphatic rings. The standard InChI is InChI=1S/C12H24N2O/c1-4-9(2)8-10(3)14-12(15)11-6-5-7-13-11/h9-11,13H,4-8H2,1-3H3,(H,14,15). The molecule has 1 amide bonds. The Morgan fingerprint density at radius 3 is 2.80 bits per heavy atom. The van der Waals surface area contributed by atoms with Crippen LogP contribution in [0.2, 0.25) is 0 Å². The fourth-order valence-corrected chi connectivity index (χ4v) is 2.08. The number of carbonyl (C=O) groups excluding carboxylic acids is 1. The van der Waals surface area contributed by atoms with Crippen molar-refractivity contribution in [1.82, 2.24) is 10.6 Å². The van der Waals surface area contributed by atoms with Gasteiger partial charge in [-0.1, -0.05) is 20.3 Å². The largest absolute Gasteiger partial charge is 0.352 e. The second-order valence-electron chi connectivity index (χ2n) is 4.81. The highest BCUT2D eigenvalue weighted by molar-refractivity contribution is 5.82. The first-order valence-electron chi connectivity index (χ1n) is 6.17. The average Bonchev–Trinajstić information content (AvgIpc) is 2.70. The lowest BCUT2D eigenvalue weighted by Gasteiger charge is -2.19. The molecular formula is C12H24N2O. The Morgan fingerprint density at radius 1 is 1.53 bits per heavy atom. The smallest absolute Gasteiger partial charge is 0.237 e. The number of carbonyl (C=O) groups is 1. The normalized spacial score (nSPS) is 24.9. The summed E-state index contributed by atoms with van der Waals surface area (Å²) in [5.41, 5.74) is 0. The summed E-state index contributed by atoms with van der Waals surface area (Å²) in [6.07, 6.45) is 4.37. The van der Waals surface area contributed by atoms with E-state index in [9.17, 15) is 4.79 Å².